The quantitative estimate of drug-likeness (QED) is 0.772. The normalized spacial score (nSPS) is 20.3. The van der Waals surface area contributed by atoms with Crippen LogP contribution in [0.1, 0.15) is 52.8 Å². The van der Waals surface area contributed by atoms with E-state index in [4.69, 9.17) is 0 Å². The van der Waals surface area contributed by atoms with E-state index < -0.39 is 0 Å². The summed E-state index contributed by atoms with van der Waals surface area (Å²) in [6, 6.07) is 4.41. The van der Waals surface area contributed by atoms with Crippen LogP contribution in [0, 0.1) is 0 Å². The zero-order valence-electron chi connectivity index (χ0n) is 10.1. The number of hydrogen-bond acceptors (Lipinski definition) is 3. The van der Waals surface area contributed by atoms with Crippen molar-refractivity contribution in [3.8, 4) is 5.75 Å². The third-order valence-electron chi connectivity index (χ3n) is 3.84. The van der Waals surface area contributed by atoms with Crippen LogP contribution in [-0.2, 0) is 0 Å². The summed E-state index contributed by atoms with van der Waals surface area (Å²) < 4.78 is 0. The van der Waals surface area contributed by atoms with Crippen LogP contribution >= 0.6 is 0 Å². The Hall–Kier alpha value is -1.84. The number of phenols is 1. The van der Waals surface area contributed by atoms with Gasteiger partial charge in [0.2, 0.25) is 0 Å². The van der Waals surface area contributed by atoms with Crippen LogP contribution in [0.5, 0.6) is 5.75 Å². The van der Waals surface area contributed by atoms with E-state index in [9.17, 15) is 14.7 Å². The molecule has 1 aromatic carbocycles. The van der Waals surface area contributed by atoms with Crippen LogP contribution in [0.15, 0.2) is 18.2 Å². The molecule has 0 spiro atoms. The molecule has 0 unspecified atom stereocenters. The first-order valence-electron chi connectivity index (χ1n) is 6.39. The number of nitrogens with zero attached hydrogens (tertiary/aromatic N) is 1. The molecule has 94 valence electrons. The molecule has 0 bridgehead atoms. The third kappa shape index (κ3) is 1.60. The predicted octanol–water partition coefficient (Wildman–Crippen LogP) is 2.32. The maximum absolute atomic E-state index is 12.3. The zero-order chi connectivity index (χ0) is 12.7. The van der Waals surface area contributed by atoms with E-state index in [0.29, 0.717) is 11.1 Å². The number of fused-ring (bicyclic) bond motifs is 1. The van der Waals surface area contributed by atoms with Gasteiger partial charge < -0.3 is 5.11 Å². The van der Waals surface area contributed by atoms with Gasteiger partial charge in [0.25, 0.3) is 11.8 Å². The molecule has 1 fully saturated rings. The predicted molar refractivity (Wildman–Crippen MR) is 65.5 cm³/mol. The number of hydrogen-bond donors (Lipinski definition) is 1. The van der Waals surface area contributed by atoms with Gasteiger partial charge in [0.15, 0.2) is 0 Å². The van der Waals surface area contributed by atoms with Crippen LogP contribution in [0.2, 0.25) is 0 Å². The fourth-order valence-electron chi connectivity index (χ4n) is 2.92. The average molecular weight is 245 g/mol. The van der Waals surface area contributed by atoms with Crippen molar-refractivity contribution < 1.29 is 14.7 Å². The lowest BCUT2D eigenvalue weighted by Crippen LogP contribution is -2.40. The van der Waals surface area contributed by atoms with Crippen molar-refractivity contribution in [2.45, 2.75) is 38.1 Å². The van der Waals surface area contributed by atoms with Crippen molar-refractivity contribution in [1.29, 1.82) is 0 Å². The van der Waals surface area contributed by atoms with Crippen molar-refractivity contribution in [3.05, 3.63) is 29.3 Å². The number of imide groups is 1. The van der Waals surface area contributed by atoms with Gasteiger partial charge in [-0.25, -0.2) is 0 Å². The highest BCUT2D eigenvalue weighted by molar-refractivity contribution is 6.21. The Labute approximate surface area is 105 Å². The minimum absolute atomic E-state index is 0.0281. The fourth-order valence-corrected chi connectivity index (χ4v) is 2.92. The molecule has 1 saturated carbocycles. The Kier molecular flexibility index (Phi) is 2.58. The molecule has 1 aliphatic carbocycles. The van der Waals surface area contributed by atoms with Crippen LogP contribution in [0.25, 0.3) is 0 Å². The Morgan fingerprint density at radius 2 is 1.67 bits per heavy atom. The van der Waals surface area contributed by atoms with E-state index in [1.54, 1.807) is 0 Å². The van der Waals surface area contributed by atoms with Crippen molar-refractivity contribution in [2.24, 2.45) is 0 Å². The molecular weight excluding hydrogens is 230 g/mol. The van der Waals surface area contributed by atoms with E-state index in [1.165, 1.54) is 29.5 Å². The van der Waals surface area contributed by atoms with E-state index >= 15 is 0 Å². The van der Waals surface area contributed by atoms with Crippen molar-refractivity contribution in [1.82, 2.24) is 4.90 Å². The molecule has 2 amide bonds. The Bertz CT molecular complexity index is 518. The van der Waals surface area contributed by atoms with Gasteiger partial charge in [-0.2, -0.15) is 0 Å². The summed E-state index contributed by atoms with van der Waals surface area (Å²) in [5.41, 5.74) is 0.758. The largest absolute Gasteiger partial charge is 0.508 e. The summed E-state index contributed by atoms with van der Waals surface area (Å²) in [6.07, 6.45) is 5.13. The summed E-state index contributed by atoms with van der Waals surface area (Å²) in [5.74, 6) is -0.430. The number of aromatic hydroxyl groups is 1. The van der Waals surface area contributed by atoms with Crippen LogP contribution < -0.4 is 0 Å². The number of benzene rings is 1. The van der Waals surface area contributed by atoms with E-state index in [1.807, 2.05) is 0 Å². The number of phenolic OH excluding ortho intramolecular Hbond substituents is 1. The lowest BCUT2D eigenvalue weighted by atomic mass is 9.94. The molecule has 1 aromatic rings. The highest BCUT2D eigenvalue weighted by Gasteiger charge is 2.40. The Balaban J connectivity index is 1.96. The average Bonchev–Trinajstić information content (AvgIpc) is 2.63. The topological polar surface area (TPSA) is 57.6 Å². The minimum Gasteiger partial charge on any atom is -0.508 e. The number of amides is 2. The second-order valence-corrected chi connectivity index (χ2v) is 5.00. The van der Waals surface area contributed by atoms with Crippen molar-refractivity contribution >= 4 is 11.8 Å². The molecule has 1 heterocycles. The molecule has 1 aliphatic heterocycles. The van der Waals surface area contributed by atoms with E-state index in [0.717, 1.165) is 25.7 Å². The van der Waals surface area contributed by atoms with Crippen LogP contribution in [0.4, 0.5) is 0 Å². The third-order valence-corrected chi connectivity index (χ3v) is 3.84. The molecule has 0 aromatic heterocycles. The Morgan fingerprint density at radius 1 is 1.00 bits per heavy atom. The molecule has 2 aliphatic rings. The summed E-state index contributed by atoms with van der Waals surface area (Å²) in [5, 5.41) is 9.41. The molecule has 4 nitrogen and oxygen atoms in total. The van der Waals surface area contributed by atoms with Crippen LogP contribution in [-0.4, -0.2) is 27.9 Å². The van der Waals surface area contributed by atoms with Gasteiger partial charge in [-0.05, 0) is 31.0 Å². The van der Waals surface area contributed by atoms with E-state index in [2.05, 4.69) is 0 Å². The zero-order valence-corrected chi connectivity index (χ0v) is 10.1. The van der Waals surface area contributed by atoms with Gasteiger partial charge in [-0.15, -0.1) is 0 Å². The first kappa shape index (κ1) is 11.3. The molecule has 0 atom stereocenters. The van der Waals surface area contributed by atoms with Gasteiger partial charge in [-0.3, -0.25) is 14.5 Å². The summed E-state index contributed by atoms with van der Waals surface area (Å²) in [4.78, 5) is 25.9. The second kappa shape index (κ2) is 4.12. The minimum atomic E-state index is -0.252. The fraction of sp³-hybridized carbons (Fsp3) is 0.429. The summed E-state index contributed by atoms with van der Waals surface area (Å²) in [6.45, 7) is 0. The molecule has 1 N–H and O–H groups in total. The smallest absolute Gasteiger partial charge is 0.261 e. The maximum Gasteiger partial charge on any atom is 0.261 e. The van der Waals surface area contributed by atoms with E-state index in [-0.39, 0.29) is 23.6 Å². The molecule has 4 heteroatoms. The lowest BCUT2D eigenvalue weighted by Gasteiger charge is -2.29. The maximum atomic E-state index is 12.3. The standard InChI is InChI=1S/C14H15NO3/c16-10-6-7-11-12(8-10)14(18)15(13(11)17)9-4-2-1-3-5-9/h6-9,16H,1-5H2. The summed E-state index contributed by atoms with van der Waals surface area (Å²) >= 11 is 0. The SMILES string of the molecule is O=C1c2ccc(O)cc2C(=O)N1C1CCCCC1. The van der Waals surface area contributed by atoms with Gasteiger partial charge in [-0.1, -0.05) is 19.3 Å². The van der Waals surface area contributed by atoms with Gasteiger partial charge in [0.1, 0.15) is 5.75 Å². The first-order chi connectivity index (χ1) is 8.68. The lowest BCUT2D eigenvalue weighted by molar-refractivity contribution is 0.0549. The highest BCUT2D eigenvalue weighted by atomic mass is 16.3. The molecule has 3 rings (SSSR count). The monoisotopic (exact) mass is 245 g/mol. The van der Waals surface area contributed by atoms with Gasteiger partial charge in [0, 0.05) is 6.04 Å². The molecular formula is C14H15NO3. The Morgan fingerprint density at radius 3 is 2.39 bits per heavy atom. The number of carbonyl (C=O) groups is 2. The van der Waals surface area contributed by atoms with Crippen molar-refractivity contribution in [2.75, 3.05) is 0 Å². The number of rotatable bonds is 1. The summed E-state index contributed by atoms with van der Waals surface area (Å²) in [7, 11) is 0. The van der Waals surface area contributed by atoms with Crippen LogP contribution in [0.3, 0.4) is 0 Å². The number of carbonyl (C=O) groups excluding carboxylic acids is 2. The molecule has 18 heavy (non-hydrogen) atoms. The molecule has 0 radical (unpaired) electrons. The highest BCUT2D eigenvalue weighted by Crippen LogP contribution is 2.32. The van der Waals surface area contributed by atoms with Gasteiger partial charge >= 0.3 is 0 Å². The van der Waals surface area contributed by atoms with Crippen molar-refractivity contribution in [3.63, 3.8) is 0 Å². The van der Waals surface area contributed by atoms with Gasteiger partial charge in [0.05, 0.1) is 11.1 Å². The molecule has 0 saturated heterocycles. The second-order valence-electron chi connectivity index (χ2n) is 5.00. The first-order valence-corrected chi connectivity index (χ1v) is 6.39.